The number of aromatic nitrogens is 4. The Morgan fingerprint density at radius 2 is 1.12 bits per heavy atom. The van der Waals surface area contributed by atoms with Crippen LogP contribution in [0.3, 0.4) is 0 Å². The summed E-state index contributed by atoms with van der Waals surface area (Å²) in [6.07, 6.45) is 7.72. The Morgan fingerprint density at radius 3 is 1.63 bits per heavy atom. The smallest absolute Gasteiger partial charge is 0.870 e. The van der Waals surface area contributed by atoms with E-state index >= 15 is 0 Å². The van der Waals surface area contributed by atoms with Crippen LogP contribution in [0.5, 0.6) is 0 Å². The summed E-state index contributed by atoms with van der Waals surface area (Å²) in [5.41, 5.74) is 8.96. The van der Waals surface area contributed by atoms with E-state index in [-0.39, 0.29) is 56.9 Å². The molecule has 0 radical (unpaired) electrons. The Morgan fingerprint density at radius 1 is 0.634 bits per heavy atom. The summed E-state index contributed by atoms with van der Waals surface area (Å²) in [4.78, 5) is 19.3. The Balaban J connectivity index is 0.000000259. The van der Waals surface area contributed by atoms with Crippen molar-refractivity contribution < 1.29 is 56.9 Å². The summed E-state index contributed by atoms with van der Waals surface area (Å²) in [6, 6.07) is 23.4. The Kier molecular flexibility index (Phi) is 15.5. The molecule has 3 N–H and O–H groups in total. The average Bonchev–Trinajstić information content (AvgIpc) is 3.60. The Bertz CT molecular complexity index is 1650. The minimum atomic E-state index is 0. The molecule has 0 atom stereocenters. The molecule has 208 valence electrons. The molecular weight excluding hydrogens is 880 g/mol. The molecule has 7 nitrogen and oxygen atoms in total. The van der Waals surface area contributed by atoms with E-state index in [4.69, 9.17) is 0 Å². The molecule has 41 heavy (non-hydrogen) atoms. The first-order chi connectivity index (χ1) is 18.9. The van der Waals surface area contributed by atoms with Gasteiger partial charge >= 0.3 is 51.4 Å². The van der Waals surface area contributed by atoms with E-state index in [0.29, 0.717) is 0 Å². The van der Waals surface area contributed by atoms with Gasteiger partial charge in [0.2, 0.25) is 0 Å². The second kappa shape index (κ2) is 17.5. The van der Waals surface area contributed by atoms with E-state index < -0.39 is 0 Å². The number of nitrogens with zero attached hydrogens (tertiary/aromatic N) is 4. The number of hydrogen-bond donors (Lipinski definition) is 2. The third-order valence-electron chi connectivity index (χ3n) is 6.31. The van der Waals surface area contributed by atoms with E-state index in [9.17, 15) is 0 Å². The molecule has 0 spiro atoms. The summed E-state index contributed by atoms with van der Waals surface area (Å²) in [5.74, 6) is 0. The second-order valence-corrected chi connectivity index (χ2v) is 10.4. The zero-order valence-electron chi connectivity index (χ0n) is 23.5. The van der Waals surface area contributed by atoms with Crippen LogP contribution in [-0.2, 0) is 0 Å². The molecule has 0 bridgehead atoms. The number of anilines is 2. The minimum Gasteiger partial charge on any atom is -0.870 e. The van der Waals surface area contributed by atoms with Crippen molar-refractivity contribution in [1.29, 1.82) is 0 Å². The number of fused-ring (bicyclic) bond motifs is 2. The number of hydrogen-bond acceptors (Lipinski definition) is 5. The number of halogens is 3. The summed E-state index contributed by atoms with van der Waals surface area (Å²) < 4.78 is 1.20. The van der Waals surface area contributed by atoms with Gasteiger partial charge in [-0.05, 0) is 76.2 Å². The number of pyridine rings is 2. The van der Waals surface area contributed by atoms with Gasteiger partial charge in [0.25, 0.3) is 0 Å². The van der Waals surface area contributed by atoms with Crippen LogP contribution in [0.4, 0.5) is 11.4 Å². The van der Waals surface area contributed by atoms with Crippen LogP contribution in [-0.4, -0.2) is 53.6 Å². The van der Waals surface area contributed by atoms with Crippen molar-refractivity contribution >= 4 is 93.3 Å². The third kappa shape index (κ3) is 9.35. The van der Waals surface area contributed by atoms with Crippen molar-refractivity contribution in [2.45, 2.75) is 0 Å². The summed E-state index contributed by atoms with van der Waals surface area (Å²) in [5, 5.41) is 2.32. The monoisotopic (exact) mass is 910 g/mol. The first kappa shape index (κ1) is 36.4. The van der Waals surface area contributed by atoms with E-state index in [0.717, 1.165) is 27.8 Å². The third-order valence-corrected chi connectivity index (χ3v) is 7.21. The van der Waals surface area contributed by atoms with E-state index in [1.807, 2.05) is 59.0 Å². The fraction of sp³-hybridized carbons (Fsp3) is 0.133. The fourth-order valence-corrected chi connectivity index (χ4v) is 4.70. The molecule has 6 aromatic rings. The van der Waals surface area contributed by atoms with E-state index in [1.165, 1.54) is 31.5 Å². The van der Waals surface area contributed by atoms with Crippen molar-refractivity contribution in [1.82, 2.24) is 19.9 Å². The number of rotatable bonds is 4. The van der Waals surface area contributed by atoms with Crippen molar-refractivity contribution in [3.8, 4) is 22.3 Å². The predicted molar refractivity (Wildman–Crippen MR) is 194 cm³/mol. The topological polar surface area (TPSA) is 93.8 Å². The number of benzene rings is 2. The van der Waals surface area contributed by atoms with Gasteiger partial charge in [-0.2, -0.15) is 0 Å². The molecule has 0 aliphatic rings. The SMILES string of the molecule is CN(C)c1ccc(-c2cnc3[nH]cc(I)c3c2)cc1.CN(C)c1ccc(-c2cnc3[nH]ccc3c2)cc1.II.[K+].[OH-]. The quantitative estimate of drug-likeness (QED) is 0.173. The standard InChI is InChI=1S/C15H14IN3.C15H15N3.I2.K.H2O/c1-19(2)12-5-3-10(4-6-12)11-7-13-14(16)9-18-15(13)17-8-11;1-18(2)14-5-3-11(4-6-14)13-9-12-7-8-16-15(12)17-10-13;1-2;;/h3-9H,1-2H3,(H,17,18);3-10H,1-2H3,(H,16,17);;;1H2/q;;;+1;/p-1. The molecule has 0 amide bonds. The summed E-state index contributed by atoms with van der Waals surface area (Å²) in [6.45, 7) is 0. The van der Waals surface area contributed by atoms with E-state index in [1.54, 1.807) is 0 Å². The fourth-order valence-electron chi connectivity index (χ4n) is 4.13. The zero-order valence-corrected chi connectivity index (χ0v) is 33.1. The van der Waals surface area contributed by atoms with Crippen molar-refractivity contribution in [2.24, 2.45) is 0 Å². The molecule has 11 heteroatoms. The molecule has 0 saturated carbocycles. The molecule has 0 aliphatic carbocycles. The largest absolute Gasteiger partial charge is 1.00 e. The van der Waals surface area contributed by atoms with Crippen LogP contribution in [0.15, 0.2) is 91.5 Å². The molecular formula is C30H30I3KN6O. The van der Waals surface area contributed by atoms with Crippen LogP contribution in [0.1, 0.15) is 0 Å². The van der Waals surface area contributed by atoms with Crippen LogP contribution in [0.25, 0.3) is 44.3 Å². The zero-order chi connectivity index (χ0) is 27.9. The maximum absolute atomic E-state index is 4.47. The van der Waals surface area contributed by atoms with Crippen LogP contribution in [0, 0.1) is 3.57 Å². The molecule has 6 rings (SSSR count). The van der Waals surface area contributed by atoms with Gasteiger partial charge in [0.05, 0.1) is 0 Å². The molecule has 0 unspecified atom stereocenters. The molecule has 4 heterocycles. The van der Waals surface area contributed by atoms with Gasteiger partial charge in [0.15, 0.2) is 0 Å². The van der Waals surface area contributed by atoms with Gasteiger partial charge < -0.3 is 25.2 Å². The average molecular weight is 910 g/mol. The Hall–Kier alpha value is -0.794. The molecule has 0 saturated heterocycles. The van der Waals surface area contributed by atoms with Crippen LogP contribution < -0.4 is 61.2 Å². The van der Waals surface area contributed by atoms with Crippen LogP contribution in [0.2, 0.25) is 0 Å². The number of aromatic amines is 2. The van der Waals surface area contributed by atoms with E-state index in [2.05, 4.69) is 150 Å². The van der Waals surface area contributed by atoms with Gasteiger partial charge in [0.1, 0.15) is 11.3 Å². The Labute approximate surface area is 320 Å². The molecule has 0 fully saturated rings. The van der Waals surface area contributed by atoms with Gasteiger partial charge in [-0.25, -0.2) is 9.97 Å². The van der Waals surface area contributed by atoms with Gasteiger partial charge in [-0.15, -0.1) is 0 Å². The van der Waals surface area contributed by atoms with Gasteiger partial charge in [-0.1, -0.05) is 24.3 Å². The minimum absolute atomic E-state index is 0. The van der Waals surface area contributed by atoms with Crippen molar-refractivity contribution in [3.05, 3.63) is 95.1 Å². The maximum atomic E-state index is 4.47. The molecule has 2 aromatic carbocycles. The molecule has 0 aliphatic heterocycles. The number of nitrogens with one attached hydrogen (secondary N) is 2. The van der Waals surface area contributed by atoms with Gasteiger partial charge in [0, 0.05) is 127 Å². The van der Waals surface area contributed by atoms with Gasteiger partial charge in [-0.3, -0.25) is 0 Å². The second-order valence-electron chi connectivity index (χ2n) is 9.28. The van der Waals surface area contributed by atoms with Crippen molar-refractivity contribution in [3.63, 3.8) is 0 Å². The van der Waals surface area contributed by atoms with Crippen LogP contribution >= 0.6 is 59.8 Å². The normalized spacial score (nSPS) is 9.93. The first-order valence-corrected chi connectivity index (χ1v) is 19.5. The number of H-pyrrole nitrogens is 2. The van der Waals surface area contributed by atoms with Crippen molar-refractivity contribution in [2.75, 3.05) is 38.0 Å². The summed E-state index contributed by atoms with van der Waals surface area (Å²) in [7, 11) is 8.18. The predicted octanol–water partition coefficient (Wildman–Crippen LogP) is 5.80. The maximum Gasteiger partial charge on any atom is 1.00 e. The molecule has 4 aromatic heterocycles. The first-order valence-electron chi connectivity index (χ1n) is 12.1. The summed E-state index contributed by atoms with van der Waals surface area (Å²) >= 11 is 6.57.